The Morgan fingerprint density at radius 3 is 2.44 bits per heavy atom. The first-order chi connectivity index (χ1) is 15.6. The number of nitrogens with zero attached hydrogens (tertiary/aromatic N) is 1. The molecule has 0 bridgehead atoms. The molecule has 3 atom stereocenters. The van der Waals surface area contributed by atoms with E-state index in [2.05, 4.69) is 5.32 Å². The fourth-order valence-corrected chi connectivity index (χ4v) is 5.29. The van der Waals surface area contributed by atoms with E-state index in [0.29, 0.717) is 30.2 Å². The summed E-state index contributed by atoms with van der Waals surface area (Å²) in [7, 11) is 3.22. The fraction of sp³-hybridized carbons (Fsp3) is 0.462. The van der Waals surface area contributed by atoms with Crippen molar-refractivity contribution in [2.75, 3.05) is 20.8 Å². The molecule has 1 aliphatic heterocycles. The van der Waals surface area contributed by atoms with E-state index in [1.54, 1.807) is 26.4 Å². The number of rotatable bonds is 7. The third-order valence-electron chi connectivity index (χ3n) is 6.85. The zero-order valence-electron chi connectivity index (χ0n) is 18.9. The SMILES string of the molecule is COc1ccccc1CCNC(=O)C1CC2CCCCC2N1C(=O)c1ccccc1OC. The van der Waals surface area contributed by atoms with Gasteiger partial charge in [0.2, 0.25) is 5.91 Å². The topological polar surface area (TPSA) is 67.9 Å². The minimum absolute atomic E-state index is 0.0717. The molecule has 4 rings (SSSR count). The van der Waals surface area contributed by atoms with Crippen LogP contribution in [-0.4, -0.2) is 49.6 Å². The van der Waals surface area contributed by atoms with Crippen molar-refractivity contribution in [1.82, 2.24) is 10.2 Å². The number of ether oxygens (including phenoxy) is 2. The van der Waals surface area contributed by atoms with E-state index < -0.39 is 6.04 Å². The van der Waals surface area contributed by atoms with Gasteiger partial charge in [-0.25, -0.2) is 0 Å². The normalized spacial score (nSPS) is 22.2. The number of amides is 2. The molecule has 1 aliphatic carbocycles. The van der Waals surface area contributed by atoms with Crippen molar-refractivity contribution in [3.05, 3.63) is 59.7 Å². The van der Waals surface area contributed by atoms with Crippen LogP contribution >= 0.6 is 0 Å². The predicted molar refractivity (Wildman–Crippen MR) is 123 cm³/mol. The summed E-state index contributed by atoms with van der Waals surface area (Å²) in [5.41, 5.74) is 1.57. The highest BCUT2D eigenvalue weighted by atomic mass is 16.5. The quantitative estimate of drug-likeness (QED) is 0.716. The van der Waals surface area contributed by atoms with E-state index in [-0.39, 0.29) is 17.9 Å². The molecule has 2 aromatic carbocycles. The summed E-state index contributed by atoms with van der Waals surface area (Å²) in [6.07, 6.45) is 5.70. The van der Waals surface area contributed by atoms with Crippen molar-refractivity contribution >= 4 is 11.8 Å². The minimum Gasteiger partial charge on any atom is -0.496 e. The summed E-state index contributed by atoms with van der Waals surface area (Å²) in [4.78, 5) is 28.7. The molecule has 1 N–H and O–H groups in total. The van der Waals surface area contributed by atoms with E-state index in [0.717, 1.165) is 37.0 Å². The van der Waals surface area contributed by atoms with Crippen molar-refractivity contribution in [3.8, 4) is 11.5 Å². The van der Waals surface area contributed by atoms with Crippen molar-refractivity contribution in [2.45, 2.75) is 50.6 Å². The molecule has 0 radical (unpaired) electrons. The van der Waals surface area contributed by atoms with E-state index in [9.17, 15) is 9.59 Å². The molecule has 0 aromatic heterocycles. The van der Waals surface area contributed by atoms with Crippen molar-refractivity contribution < 1.29 is 19.1 Å². The molecule has 2 aliphatic rings. The lowest BCUT2D eigenvalue weighted by molar-refractivity contribution is -0.125. The van der Waals surface area contributed by atoms with Crippen LogP contribution in [0.4, 0.5) is 0 Å². The number of benzene rings is 2. The van der Waals surface area contributed by atoms with Crippen molar-refractivity contribution in [2.24, 2.45) is 5.92 Å². The smallest absolute Gasteiger partial charge is 0.258 e. The molecule has 2 amide bonds. The summed E-state index contributed by atoms with van der Waals surface area (Å²) < 4.78 is 10.8. The second-order valence-corrected chi connectivity index (χ2v) is 8.63. The molecule has 170 valence electrons. The van der Waals surface area contributed by atoms with Gasteiger partial charge in [0.25, 0.3) is 5.91 Å². The van der Waals surface area contributed by atoms with Gasteiger partial charge in [-0.1, -0.05) is 43.2 Å². The molecule has 2 fully saturated rings. The first-order valence-electron chi connectivity index (χ1n) is 11.5. The molecule has 1 heterocycles. The number of para-hydroxylation sites is 2. The molecule has 1 saturated heterocycles. The third-order valence-corrected chi connectivity index (χ3v) is 6.85. The fourth-order valence-electron chi connectivity index (χ4n) is 5.29. The first kappa shape index (κ1) is 22.2. The highest BCUT2D eigenvalue weighted by Gasteiger charge is 2.47. The van der Waals surface area contributed by atoms with Gasteiger partial charge < -0.3 is 19.7 Å². The number of methoxy groups -OCH3 is 2. The molecular weight excluding hydrogens is 404 g/mol. The standard InChI is InChI=1S/C26H32N2O4/c1-31-23-13-7-4-9-18(23)15-16-27-25(29)22-17-19-10-3-6-12-21(19)28(22)26(30)20-11-5-8-14-24(20)32-2/h4-5,7-9,11,13-14,19,21-22H,3,6,10,12,15-17H2,1-2H3,(H,27,29). The second kappa shape index (κ2) is 10.1. The van der Waals surface area contributed by atoms with E-state index in [1.807, 2.05) is 41.3 Å². The Kier molecular flexibility index (Phi) is 6.98. The lowest BCUT2D eigenvalue weighted by Gasteiger charge is -2.34. The number of hydrogen-bond donors (Lipinski definition) is 1. The van der Waals surface area contributed by atoms with E-state index in [4.69, 9.17) is 9.47 Å². The number of carbonyl (C=O) groups is 2. The van der Waals surface area contributed by atoms with Crippen molar-refractivity contribution in [3.63, 3.8) is 0 Å². The maximum atomic E-state index is 13.6. The number of hydrogen-bond acceptors (Lipinski definition) is 4. The number of carbonyl (C=O) groups excluding carboxylic acids is 2. The van der Waals surface area contributed by atoms with Crippen LogP contribution in [0.3, 0.4) is 0 Å². The van der Waals surface area contributed by atoms with Gasteiger partial charge in [0.15, 0.2) is 0 Å². The average Bonchev–Trinajstić information content (AvgIpc) is 3.23. The minimum atomic E-state index is -0.446. The Hall–Kier alpha value is -3.02. The Morgan fingerprint density at radius 1 is 0.969 bits per heavy atom. The maximum absolute atomic E-state index is 13.6. The summed E-state index contributed by atoms with van der Waals surface area (Å²) >= 11 is 0. The zero-order valence-corrected chi connectivity index (χ0v) is 18.9. The Morgan fingerprint density at radius 2 is 1.66 bits per heavy atom. The molecule has 3 unspecified atom stereocenters. The van der Waals surface area contributed by atoms with E-state index >= 15 is 0 Å². The summed E-state index contributed by atoms with van der Waals surface area (Å²) in [6.45, 7) is 0.502. The zero-order chi connectivity index (χ0) is 22.5. The molecule has 2 aromatic rings. The van der Waals surface area contributed by atoms with Crippen LogP contribution < -0.4 is 14.8 Å². The second-order valence-electron chi connectivity index (χ2n) is 8.63. The lowest BCUT2D eigenvalue weighted by Crippen LogP contribution is -2.50. The highest BCUT2D eigenvalue weighted by molar-refractivity contribution is 6.00. The van der Waals surface area contributed by atoms with Gasteiger partial charge in [0.1, 0.15) is 17.5 Å². The van der Waals surface area contributed by atoms with Crippen molar-refractivity contribution in [1.29, 1.82) is 0 Å². The Bertz CT molecular complexity index is 960. The maximum Gasteiger partial charge on any atom is 0.258 e. The summed E-state index contributed by atoms with van der Waals surface area (Å²) in [5.74, 6) is 1.57. The van der Waals surface area contributed by atoms with Crippen LogP contribution in [0.15, 0.2) is 48.5 Å². The van der Waals surface area contributed by atoms with Crippen LogP contribution in [0.1, 0.15) is 48.0 Å². The van der Waals surface area contributed by atoms with Crippen LogP contribution in [0, 0.1) is 5.92 Å². The molecule has 6 nitrogen and oxygen atoms in total. The third kappa shape index (κ3) is 4.45. The van der Waals surface area contributed by atoms with Gasteiger partial charge in [0, 0.05) is 12.6 Å². The van der Waals surface area contributed by atoms with Gasteiger partial charge >= 0.3 is 0 Å². The molecule has 6 heteroatoms. The molecular formula is C26H32N2O4. The van der Waals surface area contributed by atoms with Crippen LogP contribution in [0.5, 0.6) is 11.5 Å². The first-order valence-corrected chi connectivity index (χ1v) is 11.5. The largest absolute Gasteiger partial charge is 0.496 e. The number of likely N-dealkylation sites (tertiary alicyclic amines) is 1. The lowest BCUT2D eigenvalue weighted by atomic mass is 9.84. The van der Waals surface area contributed by atoms with Crippen LogP contribution in [0.25, 0.3) is 0 Å². The van der Waals surface area contributed by atoms with E-state index in [1.165, 1.54) is 6.42 Å². The monoisotopic (exact) mass is 436 g/mol. The summed E-state index contributed by atoms with van der Waals surface area (Å²) in [6, 6.07) is 14.8. The van der Waals surface area contributed by atoms with Crippen LogP contribution in [0.2, 0.25) is 0 Å². The van der Waals surface area contributed by atoms with Gasteiger partial charge in [-0.15, -0.1) is 0 Å². The van der Waals surface area contributed by atoms with Gasteiger partial charge in [-0.3, -0.25) is 9.59 Å². The number of nitrogens with one attached hydrogen (secondary N) is 1. The van der Waals surface area contributed by atoms with Gasteiger partial charge in [0.05, 0.1) is 19.8 Å². The highest BCUT2D eigenvalue weighted by Crippen LogP contribution is 2.41. The number of fused-ring (bicyclic) bond motifs is 1. The van der Waals surface area contributed by atoms with Crippen LogP contribution in [-0.2, 0) is 11.2 Å². The molecule has 1 saturated carbocycles. The van der Waals surface area contributed by atoms with Gasteiger partial charge in [-0.2, -0.15) is 0 Å². The predicted octanol–water partition coefficient (Wildman–Crippen LogP) is 3.84. The molecule has 0 spiro atoms. The Labute approximate surface area is 189 Å². The average molecular weight is 437 g/mol. The molecule has 32 heavy (non-hydrogen) atoms. The van der Waals surface area contributed by atoms with Gasteiger partial charge in [-0.05, 0) is 55.4 Å². The Balaban J connectivity index is 1.50. The summed E-state index contributed by atoms with van der Waals surface area (Å²) in [5, 5.41) is 3.08.